The van der Waals surface area contributed by atoms with Crippen molar-refractivity contribution in [1.29, 1.82) is 0 Å². The van der Waals surface area contributed by atoms with Crippen molar-refractivity contribution in [3.63, 3.8) is 0 Å². The van der Waals surface area contributed by atoms with Crippen LogP contribution in [0.1, 0.15) is 30.1 Å². The van der Waals surface area contributed by atoms with Crippen LogP contribution in [0.25, 0.3) is 11.2 Å². The summed E-state index contributed by atoms with van der Waals surface area (Å²) in [4.78, 5) is 20.6. The summed E-state index contributed by atoms with van der Waals surface area (Å²) >= 11 is 0. The lowest BCUT2D eigenvalue weighted by molar-refractivity contribution is 0.171. The first-order chi connectivity index (χ1) is 17.5. The molecule has 12 heteroatoms. The monoisotopic (exact) mass is 508 g/mol. The molecule has 0 aliphatic carbocycles. The largest absolute Gasteiger partial charge is 0.486 e. The van der Waals surface area contributed by atoms with E-state index in [-0.39, 0.29) is 22.9 Å². The highest BCUT2D eigenvalue weighted by atomic mass is 32.2. The van der Waals surface area contributed by atoms with Crippen molar-refractivity contribution >= 4 is 21.2 Å². The summed E-state index contributed by atoms with van der Waals surface area (Å²) in [7, 11) is -3.64. The van der Waals surface area contributed by atoms with Gasteiger partial charge < -0.3 is 14.5 Å². The van der Waals surface area contributed by atoms with Crippen LogP contribution in [0.3, 0.4) is 0 Å². The Balaban J connectivity index is 1.29. The van der Waals surface area contributed by atoms with Gasteiger partial charge in [-0.05, 0) is 42.7 Å². The average molecular weight is 509 g/mol. The third-order valence-corrected chi connectivity index (χ3v) is 8.36. The number of fused-ring (bicyclic) bond motifs is 2. The fourth-order valence-corrected chi connectivity index (χ4v) is 6.21. The predicted molar refractivity (Wildman–Crippen MR) is 130 cm³/mol. The van der Waals surface area contributed by atoms with E-state index in [1.807, 2.05) is 18.2 Å². The number of hydrogen-bond donors (Lipinski definition) is 1. The maximum Gasteiger partial charge on any atom is 0.281 e. The van der Waals surface area contributed by atoms with Crippen LogP contribution in [0.15, 0.2) is 58.2 Å². The van der Waals surface area contributed by atoms with Gasteiger partial charge in [0.2, 0.25) is 10.0 Å². The number of nitrogens with one attached hydrogen (secondary N) is 1. The van der Waals surface area contributed by atoms with Gasteiger partial charge in [-0.3, -0.25) is 4.79 Å². The zero-order valence-electron chi connectivity index (χ0n) is 19.3. The maximum absolute atomic E-state index is 13.2. The number of hydrogen-bond acceptors (Lipinski definition) is 8. The van der Waals surface area contributed by atoms with Crippen LogP contribution < -0.4 is 15.0 Å². The molecule has 1 fully saturated rings. The van der Waals surface area contributed by atoms with Gasteiger partial charge in [-0.2, -0.15) is 4.31 Å². The number of H-pyrrole nitrogens is 1. The molecule has 0 spiro atoms. The Morgan fingerprint density at radius 3 is 2.69 bits per heavy atom. The van der Waals surface area contributed by atoms with Crippen molar-refractivity contribution in [2.24, 2.45) is 0 Å². The van der Waals surface area contributed by atoms with E-state index in [4.69, 9.17) is 14.5 Å². The number of piperidine rings is 1. The molecule has 6 rings (SSSR count). The van der Waals surface area contributed by atoms with E-state index in [0.717, 1.165) is 5.56 Å². The van der Waals surface area contributed by atoms with Crippen LogP contribution in [0.2, 0.25) is 0 Å². The highest BCUT2D eigenvalue weighted by Gasteiger charge is 2.32. The van der Waals surface area contributed by atoms with Gasteiger partial charge in [0.05, 0.1) is 11.4 Å². The van der Waals surface area contributed by atoms with Crippen molar-refractivity contribution in [2.45, 2.75) is 30.2 Å². The maximum atomic E-state index is 13.2. The molecule has 1 saturated heterocycles. The minimum Gasteiger partial charge on any atom is -0.486 e. The van der Waals surface area contributed by atoms with E-state index < -0.39 is 15.6 Å². The molecule has 186 valence electrons. The molecule has 0 saturated carbocycles. The number of rotatable bonds is 5. The standard InChI is InChI=1S/C24H24N6O5S/c31-24-21-23(30(28-27-21)14-16-8-9-19-20(13-16)35-12-11-34-19)25-22(26-24)17-5-4-10-29(15-17)36(32,33)18-6-2-1-3-7-18/h1-3,6-9,13,17H,4-5,10-12,14-15H2,(H,25,26,31)/t17-/m0/s1. The lowest BCUT2D eigenvalue weighted by Gasteiger charge is -2.31. The molecule has 0 amide bonds. The smallest absolute Gasteiger partial charge is 0.281 e. The topological polar surface area (TPSA) is 132 Å². The fraction of sp³-hybridized carbons (Fsp3) is 0.333. The Morgan fingerprint density at radius 2 is 1.86 bits per heavy atom. The number of benzene rings is 2. The molecule has 36 heavy (non-hydrogen) atoms. The lowest BCUT2D eigenvalue weighted by atomic mass is 9.99. The summed E-state index contributed by atoms with van der Waals surface area (Å²) in [6.07, 6.45) is 1.37. The minimum absolute atomic E-state index is 0.140. The highest BCUT2D eigenvalue weighted by molar-refractivity contribution is 7.89. The first-order valence-corrected chi connectivity index (χ1v) is 13.2. The molecule has 4 aromatic rings. The lowest BCUT2D eigenvalue weighted by Crippen LogP contribution is -2.39. The summed E-state index contributed by atoms with van der Waals surface area (Å²) in [6, 6.07) is 14.0. The van der Waals surface area contributed by atoms with Crippen molar-refractivity contribution in [3.05, 3.63) is 70.3 Å². The Labute approximate surface area is 206 Å². The third kappa shape index (κ3) is 4.11. The highest BCUT2D eigenvalue weighted by Crippen LogP contribution is 2.31. The molecule has 1 atom stereocenters. The average Bonchev–Trinajstić information content (AvgIpc) is 3.32. The van der Waals surface area contributed by atoms with Crippen molar-refractivity contribution in [2.75, 3.05) is 26.3 Å². The van der Waals surface area contributed by atoms with Crippen LogP contribution in [0.5, 0.6) is 11.5 Å². The molecular formula is C24H24N6O5S. The number of aromatic amines is 1. The zero-order valence-corrected chi connectivity index (χ0v) is 20.1. The van der Waals surface area contributed by atoms with Gasteiger partial charge in [-0.15, -0.1) is 5.10 Å². The number of nitrogens with zero attached hydrogens (tertiary/aromatic N) is 5. The molecule has 0 bridgehead atoms. The van der Waals surface area contributed by atoms with Crippen molar-refractivity contribution in [3.8, 4) is 11.5 Å². The molecule has 11 nitrogen and oxygen atoms in total. The molecule has 2 aromatic carbocycles. The SMILES string of the molecule is O=c1[nH]c([C@H]2CCCN(S(=O)(=O)c3ccccc3)C2)nc2c1nnn2Cc1ccc2c(c1)OCCO2. The first-order valence-electron chi connectivity index (χ1n) is 11.8. The Morgan fingerprint density at radius 1 is 1.06 bits per heavy atom. The second-order valence-electron chi connectivity index (χ2n) is 8.86. The molecule has 0 radical (unpaired) electrons. The molecule has 2 aliphatic heterocycles. The summed E-state index contributed by atoms with van der Waals surface area (Å²) in [5.41, 5.74) is 0.992. The predicted octanol–water partition coefficient (Wildman–Crippen LogP) is 1.90. The number of sulfonamides is 1. The Kier molecular flexibility index (Phi) is 5.69. The first kappa shape index (κ1) is 22.7. The van der Waals surface area contributed by atoms with E-state index in [9.17, 15) is 13.2 Å². The summed E-state index contributed by atoms with van der Waals surface area (Å²) in [5, 5.41) is 8.18. The fourth-order valence-electron chi connectivity index (χ4n) is 4.67. The van der Waals surface area contributed by atoms with E-state index >= 15 is 0 Å². The van der Waals surface area contributed by atoms with Gasteiger partial charge in [0, 0.05) is 19.0 Å². The zero-order chi connectivity index (χ0) is 24.7. The van der Waals surface area contributed by atoms with E-state index in [0.29, 0.717) is 62.1 Å². The third-order valence-electron chi connectivity index (χ3n) is 6.48. The Hall–Kier alpha value is -3.77. The van der Waals surface area contributed by atoms with E-state index in [1.54, 1.807) is 35.0 Å². The molecule has 0 unspecified atom stereocenters. The van der Waals surface area contributed by atoms with Crippen molar-refractivity contribution < 1.29 is 17.9 Å². The van der Waals surface area contributed by atoms with Gasteiger partial charge in [-0.1, -0.05) is 29.5 Å². The second kappa shape index (κ2) is 9.03. The number of aromatic nitrogens is 5. The van der Waals surface area contributed by atoms with Crippen molar-refractivity contribution in [1.82, 2.24) is 29.3 Å². The van der Waals surface area contributed by atoms with Gasteiger partial charge >= 0.3 is 0 Å². The minimum atomic E-state index is -3.64. The summed E-state index contributed by atoms with van der Waals surface area (Å²) < 4.78 is 40.6. The molecular weight excluding hydrogens is 484 g/mol. The van der Waals surface area contributed by atoms with Crippen LogP contribution in [-0.2, 0) is 16.6 Å². The van der Waals surface area contributed by atoms with Gasteiger partial charge in [0.25, 0.3) is 5.56 Å². The van der Waals surface area contributed by atoms with Crippen LogP contribution in [-0.4, -0.2) is 64.0 Å². The van der Waals surface area contributed by atoms with E-state index in [1.165, 1.54) is 4.31 Å². The van der Waals surface area contributed by atoms with E-state index in [2.05, 4.69) is 15.3 Å². The van der Waals surface area contributed by atoms with Crippen LogP contribution >= 0.6 is 0 Å². The van der Waals surface area contributed by atoms with Crippen LogP contribution in [0.4, 0.5) is 0 Å². The molecule has 2 aromatic heterocycles. The van der Waals surface area contributed by atoms with Gasteiger partial charge in [-0.25, -0.2) is 18.1 Å². The quantitative estimate of drug-likeness (QED) is 0.432. The molecule has 1 N–H and O–H groups in total. The van der Waals surface area contributed by atoms with Gasteiger partial charge in [0.15, 0.2) is 22.7 Å². The normalized spacial score (nSPS) is 18.4. The number of ether oxygens (including phenoxy) is 2. The summed E-state index contributed by atoms with van der Waals surface area (Å²) in [6.45, 7) is 1.99. The van der Waals surface area contributed by atoms with Crippen LogP contribution in [0, 0.1) is 0 Å². The summed E-state index contributed by atoms with van der Waals surface area (Å²) in [5.74, 6) is 1.53. The second-order valence-corrected chi connectivity index (χ2v) is 10.8. The molecule has 2 aliphatic rings. The Bertz CT molecular complexity index is 1580. The molecule has 4 heterocycles. The van der Waals surface area contributed by atoms with Gasteiger partial charge in [0.1, 0.15) is 19.0 Å².